The van der Waals surface area contributed by atoms with Crippen LogP contribution < -0.4 is 5.32 Å². The molecule has 1 atom stereocenters. The molecule has 0 spiro atoms. The Hall–Kier alpha value is -0.820. The lowest BCUT2D eigenvalue weighted by atomic mass is 10.1. The second-order valence-corrected chi connectivity index (χ2v) is 7.66. The molecule has 2 heterocycles. The molecular weight excluding hydrogens is 346 g/mol. The van der Waals surface area contributed by atoms with E-state index < -0.39 is 0 Å². The van der Waals surface area contributed by atoms with Crippen LogP contribution in [0.5, 0.6) is 0 Å². The first-order valence-electron chi connectivity index (χ1n) is 8.57. The fraction of sp³-hybridized carbons (Fsp3) is 0.706. The van der Waals surface area contributed by atoms with Crippen molar-refractivity contribution in [2.24, 2.45) is 10.9 Å². The summed E-state index contributed by atoms with van der Waals surface area (Å²) in [5.41, 5.74) is 0. The lowest BCUT2D eigenvalue weighted by Crippen LogP contribution is -2.40. The van der Waals surface area contributed by atoms with Crippen LogP contribution in [-0.2, 0) is 15.9 Å². The highest BCUT2D eigenvalue weighted by Gasteiger charge is 2.24. The molecule has 1 fully saturated rings. The van der Waals surface area contributed by atoms with Gasteiger partial charge < -0.3 is 19.7 Å². The van der Waals surface area contributed by atoms with Crippen molar-refractivity contribution in [3.63, 3.8) is 0 Å². The van der Waals surface area contributed by atoms with Gasteiger partial charge in [0.1, 0.15) is 0 Å². The molecule has 0 saturated carbocycles. The van der Waals surface area contributed by atoms with E-state index in [-0.39, 0.29) is 0 Å². The van der Waals surface area contributed by atoms with Crippen LogP contribution in [0.3, 0.4) is 0 Å². The average Bonchev–Trinajstić information content (AvgIpc) is 3.20. The summed E-state index contributed by atoms with van der Waals surface area (Å²) in [5, 5.41) is 3.41. The lowest BCUT2D eigenvalue weighted by molar-refractivity contribution is 0.0536. The number of rotatable bonds is 9. The Kier molecular flexibility index (Phi) is 8.88. The zero-order chi connectivity index (χ0) is 17.2. The Morgan fingerprint density at radius 3 is 3.04 bits per heavy atom. The highest BCUT2D eigenvalue weighted by Crippen LogP contribution is 2.22. The first kappa shape index (κ1) is 19.5. The summed E-state index contributed by atoms with van der Waals surface area (Å²) in [4.78, 5) is 8.40. The van der Waals surface area contributed by atoms with Crippen LogP contribution in [0, 0.1) is 5.92 Å². The van der Waals surface area contributed by atoms with Gasteiger partial charge in [-0.05, 0) is 25.5 Å². The second kappa shape index (κ2) is 10.9. The van der Waals surface area contributed by atoms with E-state index in [9.17, 15) is 0 Å². The van der Waals surface area contributed by atoms with Crippen LogP contribution in [0.4, 0.5) is 0 Å². The summed E-state index contributed by atoms with van der Waals surface area (Å²) in [5.74, 6) is 1.58. The molecule has 0 bridgehead atoms. The molecule has 7 heteroatoms. The third-order valence-electron chi connectivity index (χ3n) is 3.95. The van der Waals surface area contributed by atoms with Gasteiger partial charge in [0.05, 0.1) is 24.2 Å². The van der Waals surface area contributed by atoms with Gasteiger partial charge in [-0.25, -0.2) is 0 Å². The molecule has 1 N–H and O–H groups in total. The van der Waals surface area contributed by atoms with Crippen molar-refractivity contribution in [3.8, 4) is 0 Å². The Labute approximate surface area is 154 Å². The molecule has 1 aliphatic rings. The number of likely N-dealkylation sites (tertiary alicyclic amines) is 1. The van der Waals surface area contributed by atoms with Crippen molar-refractivity contribution in [2.75, 3.05) is 53.1 Å². The molecule has 1 aliphatic heterocycles. The number of hydrogen-bond acceptors (Lipinski definition) is 4. The Morgan fingerprint density at radius 1 is 1.46 bits per heavy atom. The van der Waals surface area contributed by atoms with Crippen LogP contribution in [0.15, 0.2) is 17.1 Å². The Bertz CT molecular complexity index is 510. The molecular formula is C17H28ClN3O2S. The van der Waals surface area contributed by atoms with E-state index in [1.54, 1.807) is 18.4 Å². The second-order valence-electron chi connectivity index (χ2n) is 5.86. The molecule has 0 aromatic carbocycles. The van der Waals surface area contributed by atoms with Gasteiger partial charge in [0, 0.05) is 50.5 Å². The van der Waals surface area contributed by atoms with Gasteiger partial charge in [-0.2, -0.15) is 0 Å². The van der Waals surface area contributed by atoms with Crippen molar-refractivity contribution in [1.82, 2.24) is 10.2 Å². The summed E-state index contributed by atoms with van der Waals surface area (Å²) >= 11 is 7.61. The van der Waals surface area contributed by atoms with Crippen LogP contribution in [0.25, 0.3) is 0 Å². The van der Waals surface area contributed by atoms with Gasteiger partial charge in [-0.1, -0.05) is 11.6 Å². The first-order chi connectivity index (χ1) is 11.7. The van der Waals surface area contributed by atoms with Gasteiger partial charge in [-0.3, -0.25) is 4.99 Å². The van der Waals surface area contributed by atoms with Crippen molar-refractivity contribution >= 4 is 28.9 Å². The standard InChI is InChI=1S/C17H28ClN3O2S/c1-3-19-17(20-8-6-15-4-5-16(18)24-15)21-9-7-14(12-21)13-23-11-10-22-2/h4-5,14H,3,6-13H2,1-2H3,(H,19,20). The minimum absolute atomic E-state index is 0.571. The van der Waals surface area contributed by atoms with Crippen molar-refractivity contribution in [3.05, 3.63) is 21.3 Å². The summed E-state index contributed by atoms with van der Waals surface area (Å²) in [6.45, 7) is 7.94. The lowest BCUT2D eigenvalue weighted by Gasteiger charge is -2.21. The van der Waals surface area contributed by atoms with Crippen molar-refractivity contribution in [1.29, 1.82) is 0 Å². The zero-order valence-electron chi connectivity index (χ0n) is 14.6. The molecule has 5 nitrogen and oxygen atoms in total. The maximum atomic E-state index is 5.98. The SMILES string of the molecule is CCNC(=NCCc1ccc(Cl)s1)N1CCC(COCCOC)C1. The summed E-state index contributed by atoms with van der Waals surface area (Å²) < 4.78 is 11.5. The highest BCUT2D eigenvalue weighted by molar-refractivity contribution is 7.16. The van der Waals surface area contributed by atoms with E-state index in [0.29, 0.717) is 19.1 Å². The molecule has 0 amide bonds. The molecule has 24 heavy (non-hydrogen) atoms. The quantitative estimate of drug-likeness (QED) is 0.410. The van der Waals surface area contributed by atoms with E-state index in [0.717, 1.165) is 55.9 Å². The number of halogens is 1. The average molecular weight is 374 g/mol. The van der Waals surface area contributed by atoms with Gasteiger partial charge >= 0.3 is 0 Å². The Morgan fingerprint density at radius 2 is 2.33 bits per heavy atom. The number of methoxy groups -OCH3 is 1. The van der Waals surface area contributed by atoms with E-state index in [4.69, 9.17) is 26.1 Å². The number of guanidine groups is 1. The maximum absolute atomic E-state index is 5.98. The van der Waals surface area contributed by atoms with Gasteiger partial charge in [0.2, 0.25) is 0 Å². The first-order valence-corrected chi connectivity index (χ1v) is 9.76. The van der Waals surface area contributed by atoms with E-state index >= 15 is 0 Å². The fourth-order valence-corrected chi connectivity index (χ4v) is 3.81. The smallest absolute Gasteiger partial charge is 0.193 e. The Balaban J connectivity index is 1.78. The van der Waals surface area contributed by atoms with Gasteiger partial charge in [0.15, 0.2) is 5.96 Å². The van der Waals surface area contributed by atoms with E-state index in [1.165, 1.54) is 4.88 Å². The molecule has 0 aliphatic carbocycles. The van der Waals surface area contributed by atoms with E-state index in [2.05, 4.69) is 23.2 Å². The largest absolute Gasteiger partial charge is 0.382 e. The fourth-order valence-electron chi connectivity index (χ4n) is 2.74. The molecule has 0 radical (unpaired) electrons. The summed E-state index contributed by atoms with van der Waals surface area (Å²) in [7, 11) is 1.70. The highest BCUT2D eigenvalue weighted by atomic mass is 35.5. The molecule has 1 unspecified atom stereocenters. The number of nitrogens with one attached hydrogen (secondary N) is 1. The molecule has 1 aromatic heterocycles. The number of aliphatic imine (C=N–C) groups is 1. The van der Waals surface area contributed by atoms with Crippen molar-refractivity contribution < 1.29 is 9.47 Å². The summed E-state index contributed by atoms with van der Waals surface area (Å²) in [6.07, 6.45) is 2.08. The number of hydrogen-bond donors (Lipinski definition) is 1. The normalized spacial score (nSPS) is 18.4. The predicted octanol–water partition coefficient (Wildman–Crippen LogP) is 2.89. The van der Waals surface area contributed by atoms with Crippen LogP contribution in [-0.4, -0.2) is 64.0 Å². The van der Waals surface area contributed by atoms with E-state index in [1.807, 2.05) is 6.07 Å². The minimum Gasteiger partial charge on any atom is -0.382 e. The van der Waals surface area contributed by atoms with Gasteiger partial charge in [-0.15, -0.1) is 11.3 Å². The topological polar surface area (TPSA) is 46.1 Å². The van der Waals surface area contributed by atoms with Gasteiger partial charge in [0.25, 0.3) is 0 Å². The molecule has 136 valence electrons. The number of thiophene rings is 1. The zero-order valence-corrected chi connectivity index (χ0v) is 16.2. The van der Waals surface area contributed by atoms with Crippen molar-refractivity contribution in [2.45, 2.75) is 19.8 Å². The number of nitrogens with zero attached hydrogens (tertiary/aromatic N) is 2. The molecule has 2 rings (SSSR count). The van der Waals surface area contributed by atoms with Crippen LogP contribution >= 0.6 is 22.9 Å². The third-order valence-corrected chi connectivity index (χ3v) is 5.25. The minimum atomic E-state index is 0.571. The molecule has 1 aromatic rings. The predicted molar refractivity (Wildman–Crippen MR) is 101 cm³/mol. The maximum Gasteiger partial charge on any atom is 0.193 e. The summed E-state index contributed by atoms with van der Waals surface area (Å²) in [6, 6.07) is 4.03. The molecule has 1 saturated heterocycles. The number of ether oxygens (including phenoxy) is 2. The third kappa shape index (κ3) is 6.59. The monoisotopic (exact) mass is 373 g/mol. The van der Waals surface area contributed by atoms with Crippen LogP contribution in [0.1, 0.15) is 18.2 Å². The van der Waals surface area contributed by atoms with Crippen LogP contribution in [0.2, 0.25) is 4.34 Å².